The Labute approximate surface area is 142 Å². The molecule has 0 bridgehead atoms. The van der Waals surface area contributed by atoms with Crippen molar-refractivity contribution in [1.29, 1.82) is 0 Å². The average molecular weight is 334 g/mol. The van der Waals surface area contributed by atoms with E-state index in [4.69, 9.17) is 0 Å². The van der Waals surface area contributed by atoms with Gasteiger partial charge >= 0.3 is 0 Å². The molecule has 0 spiro atoms. The number of fused-ring (bicyclic) bond motifs is 1. The number of nitrogens with one attached hydrogen (secondary N) is 1. The Morgan fingerprint density at radius 2 is 2.22 bits per heavy atom. The Morgan fingerprint density at radius 1 is 1.26 bits per heavy atom. The molecule has 2 aliphatic heterocycles. The number of aromatic nitrogens is 1. The molecule has 1 amide bonds. The van der Waals surface area contributed by atoms with Crippen molar-refractivity contribution in [2.45, 2.75) is 32.1 Å². The van der Waals surface area contributed by atoms with Crippen LogP contribution in [0.15, 0.2) is 11.6 Å². The highest BCUT2D eigenvalue weighted by Crippen LogP contribution is 2.45. The fourth-order valence-electron chi connectivity index (χ4n) is 4.67. The summed E-state index contributed by atoms with van der Waals surface area (Å²) in [7, 11) is 0. The topological polar surface area (TPSA) is 48.5 Å². The van der Waals surface area contributed by atoms with E-state index in [-0.39, 0.29) is 5.41 Å². The molecule has 4 rings (SSSR count). The first kappa shape index (κ1) is 15.4. The first-order valence-corrected chi connectivity index (χ1v) is 9.82. The lowest BCUT2D eigenvalue weighted by Gasteiger charge is -2.40. The number of carbonyl (C=O) groups excluding carboxylic acids is 1. The molecule has 1 aromatic rings. The zero-order chi connectivity index (χ0) is 15.7. The summed E-state index contributed by atoms with van der Waals surface area (Å²) in [5.74, 6) is 0.982. The number of thiazole rings is 1. The van der Waals surface area contributed by atoms with Crippen LogP contribution in [0, 0.1) is 11.3 Å². The highest BCUT2D eigenvalue weighted by Gasteiger charge is 2.51. The Bertz CT molecular complexity index is 549. The molecule has 3 aliphatic rings. The Kier molecular flexibility index (Phi) is 4.28. The van der Waals surface area contributed by atoms with Crippen LogP contribution < -0.4 is 10.2 Å². The van der Waals surface area contributed by atoms with Crippen molar-refractivity contribution in [1.82, 2.24) is 15.2 Å². The molecule has 1 N–H and O–H groups in total. The zero-order valence-corrected chi connectivity index (χ0v) is 14.5. The minimum absolute atomic E-state index is 0.103. The predicted molar refractivity (Wildman–Crippen MR) is 92.8 cm³/mol. The molecule has 1 saturated carbocycles. The summed E-state index contributed by atoms with van der Waals surface area (Å²) in [6, 6.07) is 0. The molecule has 0 aromatic carbocycles. The predicted octanol–water partition coefficient (Wildman–Crippen LogP) is 1.96. The van der Waals surface area contributed by atoms with Gasteiger partial charge in [-0.15, -0.1) is 11.3 Å². The summed E-state index contributed by atoms with van der Waals surface area (Å²) in [6.45, 7) is 5.58. The number of nitrogens with zero attached hydrogens (tertiary/aromatic N) is 3. The van der Waals surface area contributed by atoms with E-state index in [0.717, 1.165) is 57.2 Å². The third kappa shape index (κ3) is 2.76. The molecule has 126 valence electrons. The summed E-state index contributed by atoms with van der Waals surface area (Å²) < 4.78 is 0. The summed E-state index contributed by atoms with van der Waals surface area (Å²) in [5, 5.41) is 6.63. The highest BCUT2D eigenvalue weighted by molar-refractivity contribution is 7.13. The Hall–Kier alpha value is -1.14. The average Bonchev–Trinajstić information content (AvgIpc) is 3.20. The molecule has 6 heteroatoms. The molecule has 23 heavy (non-hydrogen) atoms. The summed E-state index contributed by atoms with van der Waals surface area (Å²) in [5.41, 5.74) is -0.103. The molecule has 0 radical (unpaired) electrons. The van der Waals surface area contributed by atoms with Crippen LogP contribution in [0.1, 0.15) is 32.1 Å². The van der Waals surface area contributed by atoms with E-state index >= 15 is 0 Å². The van der Waals surface area contributed by atoms with E-state index in [0.29, 0.717) is 11.8 Å². The zero-order valence-electron chi connectivity index (χ0n) is 13.7. The van der Waals surface area contributed by atoms with Crippen LogP contribution in [0.2, 0.25) is 0 Å². The van der Waals surface area contributed by atoms with Gasteiger partial charge in [0.2, 0.25) is 5.91 Å². The molecule has 0 unspecified atom stereocenters. The van der Waals surface area contributed by atoms with E-state index in [1.165, 1.54) is 19.3 Å². The lowest BCUT2D eigenvalue weighted by molar-refractivity contribution is -0.145. The molecule has 1 aliphatic carbocycles. The van der Waals surface area contributed by atoms with Crippen molar-refractivity contribution in [3.63, 3.8) is 0 Å². The molecule has 2 saturated heterocycles. The minimum Gasteiger partial charge on any atom is -0.346 e. The third-order valence-electron chi connectivity index (χ3n) is 5.94. The number of carbonyl (C=O) groups is 1. The van der Waals surface area contributed by atoms with Gasteiger partial charge in [0.15, 0.2) is 5.13 Å². The minimum atomic E-state index is -0.103. The van der Waals surface area contributed by atoms with Gasteiger partial charge in [-0.3, -0.25) is 4.79 Å². The van der Waals surface area contributed by atoms with Crippen LogP contribution in [0.4, 0.5) is 5.13 Å². The monoisotopic (exact) mass is 334 g/mol. The molecule has 5 nitrogen and oxygen atoms in total. The van der Waals surface area contributed by atoms with Crippen molar-refractivity contribution < 1.29 is 4.79 Å². The van der Waals surface area contributed by atoms with Crippen LogP contribution in [-0.2, 0) is 4.79 Å². The van der Waals surface area contributed by atoms with Gasteiger partial charge in [-0.05, 0) is 31.7 Å². The highest BCUT2D eigenvalue weighted by atomic mass is 32.1. The molecule has 2 atom stereocenters. The SMILES string of the molecule is O=C(N1CCCN(c2nccs2)CC1)[C@@]12CCCC[C@H]1CNC2. The van der Waals surface area contributed by atoms with E-state index < -0.39 is 0 Å². The van der Waals surface area contributed by atoms with E-state index in [1.807, 2.05) is 11.6 Å². The summed E-state index contributed by atoms with van der Waals surface area (Å²) in [6.07, 6.45) is 7.71. The second-order valence-corrected chi connectivity index (χ2v) is 8.05. The first-order chi connectivity index (χ1) is 11.3. The number of rotatable bonds is 2. The molecular weight excluding hydrogens is 308 g/mol. The smallest absolute Gasteiger partial charge is 0.230 e. The van der Waals surface area contributed by atoms with Crippen molar-refractivity contribution in [3.8, 4) is 0 Å². The van der Waals surface area contributed by atoms with E-state index in [1.54, 1.807) is 11.3 Å². The maximum Gasteiger partial charge on any atom is 0.230 e. The summed E-state index contributed by atoms with van der Waals surface area (Å²) in [4.78, 5) is 22.3. The first-order valence-electron chi connectivity index (χ1n) is 8.94. The molecule has 3 heterocycles. The normalized spacial score (nSPS) is 31.7. The Balaban J connectivity index is 1.46. The van der Waals surface area contributed by atoms with Gasteiger partial charge in [-0.25, -0.2) is 4.98 Å². The van der Waals surface area contributed by atoms with Gasteiger partial charge in [0, 0.05) is 44.3 Å². The largest absolute Gasteiger partial charge is 0.346 e. The molecule has 1 aromatic heterocycles. The quantitative estimate of drug-likeness (QED) is 0.898. The lowest BCUT2D eigenvalue weighted by atomic mass is 9.67. The van der Waals surface area contributed by atoms with Gasteiger partial charge in [0.1, 0.15) is 0 Å². The number of hydrogen-bond acceptors (Lipinski definition) is 5. The Morgan fingerprint density at radius 3 is 3.09 bits per heavy atom. The number of amides is 1. The van der Waals surface area contributed by atoms with E-state index in [2.05, 4.69) is 20.1 Å². The summed E-state index contributed by atoms with van der Waals surface area (Å²) >= 11 is 1.69. The van der Waals surface area contributed by atoms with Crippen LogP contribution in [-0.4, -0.2) is 55.1 Å². The van der Waals surface area contributed by atoms with Crippen molar-refractivity contribution in [3.05, 3.63) is 11.6 Å². The third-order valence-corrected chi connectivity index (χ3v) is 6.77. The van der Waals surface area contributed by atoms with Crippen LogP contribution in [0.5, 0.6) is 0 Å². The molecular formula is C17H26N4OS. The van der Waals surface area contributed by atoms with Gasteiger partial charge in [-0.1, -0.05) is 12.8 Å². The molecule has 3 fully saturated rings. The fraction of sp³-hybridized carbons (Fsp3) is 0.765. The van der Waals surface area contributed by atoms with Crippen molar-refractivity contribution >= 4 is 22.4 Å². The number of hydrogen-bond donors (Lipinski definition) is 1. The van der Waals surface area contributed by atoms with Gasteiger partial charge < -0.3 is 15.1 Å². The van der Waals surface area contributed by atoms with E-state index in [9.17, 15) is 4.79 Å². The van der Waals surface area contributed by atoms with Gasteiger partial charge in [-0.2, -0.15) is 0 Å². The maximum absolute atomic E-state index is 13.4. The second kappa shape index (κ2) is 6.40. The fourth-order valence-corrected chi connectivity index (χ4v) is 5.36. The second-order valence-electron chi connectivity index (χ2n) is 7.18. The van der Waals surface area contributed by atoms with Crippen molar-refractivity contribution in [2.24, 2.45) is 11.3 Å². The van der Waals surface area contributed by atoms with Crippen LogP contribution >= 0.6 is 11.3 Å². The van der Waals surface area contributed by atoms with Crippen molar-refractivity contribution in [2.75, 3.05) is 44.2 Å². The van der Waals surface area contributed by atoms with Gasteiger partial charge in [0.25, 0.3) is 0 Å². The number of anilines is 1. The lowest BCUT2D eigenvalue weighted by Crippen LogP contribution is -2.50. The standard InChI is InChI=1S/C17H26N4OS/c22-15(17-5-2-1-4-14(17)12-18-13-17)20-7-3-8-21(10-9-20)16-19-6-11-23-16/h6,11,14,18H,1-5,7-10,12-13H2/t14-,17+/m0/s1. The van der Waals surface area contributed by atoms with Crippen LogP contribution in [0.25, 0.3) is 0 Å². The van der Waals surface area contributed by atoms with Gasteiger partial charge in [0.05, 0.1) is 5.41 Å². The van der Waals surface area contributed by atoms with Crippen LogP contribution in [0.3, 0.4) is 0 Å². The maximum atomic E-state index is 13.4.